The number of aliphatic hydroxyl groups excluding tert-OH is 3. The van der Waals surface area contributed by atoms with E-state index in [1.54, 1.807) is 0 Å². The normalized spacial score (nSPS) is 42.1. The van der Waals surface area contributed by atoms with Crippen LogP contribution in [-0.2, 0) is 52.3 Å². The maximum Gasteiger partial charge on any atom is 0.184 e. The molecule has 5 rings (SSSR count). The first-order chi connectivity index (χ1) is 21.9. The van der Waals surface area contributed by atoms with Gasteiger partial charge in [-0.05, 0) is 25.7 Å². The highest BCUT2D eigenvalue weighted by Crippen LogP contribution is 2.31. The van der Waals surface area contributed by atoms with E-state index in [-0.39, 0.29) is 63.6 Å². The van der Waals surface area contributed by atoms with Crippen LogP contribution in [0.5, 0.6) is 0 Å². The van der Waals surface area contributed by atoms with E-state index in [2.05, 4.69) is 4.89 Å². The Kier molecular flexibility index (Phi) is 14.5. The highest BCUT2D eigenvalue weighted by Gasteiger charge is 2.41. The molecule has 15 nitrogen and oxygen atoms in total. The van der Waals surface area contributed by atoms with Gasteiger partial charge in [0.25, 0.3) is 0 Å². The van der Waals surface area contributed by atoms with Crippen LogP contribution in [0.2, 0.25) is 0 Å². The van der Waals surface area contributed by atoms with Gasteiger partial charge in [0.1, 0.15) is 18.8 Å². The molecular weight excluding hydrogens is 600 g/mol. The summed E-state index contributed by atoms with van der Waals surface area (Å²) in [6, 6.07) is 0. The van der Waals surface area contributed by atoms with Gasteiger partial charge in [0.05, 0.1) is 69.7 Å². The Hall–Kier alpha value is -0.600. The van der Waals surface area contributed by atoms with E-state index in [0.29, 0.717) is 58.0 Å². The maximum absolute atomic E-state index is 10.6. The van der Waals surface area contributed by atoms with Gasteiger partial charge in [-0.25, -0.2) is 4.89 Å². The summed E-state index contributed by atoms with van der Waals surface area (Å²) in [7, 11) is 0. The molecule has 0 amide bonds. The fourth-order valence-electron chi connectivity index (χ4n) is 6.32. The summed E-state index contributed by atoms with van der Waals surface area (Å²) in [4.78, 5) is 4.23. The first-order valence-corrected chi connectivity index (χ1v) is 16.5. The number of aliphatic hydroxyl groups is 3. The molecule has 0 aromatic carbocycles. The molecule has 5 heterocycles. The Morgan fingerprint density at radius 2 is 1.42 bits per heavy atom. The third-order valence-corrected chi connectivity index (χ3v) is 8.76. The Balaban J connectivity index is 1.04. The highest BCUT2D eigenvalue weighted by molar-refractivity contribution is 4.82. The van der Waals surface area contributed by atoms with Crippen molar-refractivity contribution in [3.05, 3.63) is 0 Å². The second-order valence-electron chi connectivity index (χ2n) is 12.5. The minimum Gasteiger partial charge on any atom is -0.394 e. The predicted molar refractivity (Wildman–Crippen MR) is 152 cm³/mol. The van der Waals surface area contributed by atoms with Gasteiger partial charge in [0, 0.05) is 32.1 Å². The summed E-state index contributed by atoms with van der Waals surface area (Å²) in [6.45, 7) is 3.00. The quantitative estimate of drug-likeness (QED) is 0.146. The van der Waals surface area contributed by atoms with E-state index >= 15 is 0 Å². The summed E-state index contributed by atoms with van der Waals surface area (Å²) < 4.78 is 59.9. The molecule has 0 aromatic rings. The minimum absolute atomic E-state index is 0.00855. The van der Waals surface area contributed by atoms with E-state index in [4.69, 9.17) is 52.6 Å². The molecule has 45 heavy (non-hydrogen) atoms. The van der Waals surface area contributed by atoms with E-state index in [0.717, 1.165) is 12.8 Å². The molecule has 0 bridgehead atoms. The van der Waals surface area contributed by atoms with Crippen molar-refractivity contribution in [1.82, 2.24) is 0 Å². The van der Waals surface area contributed by atoms with Crippen molar-refractivity contribution >= 4 is 0 Å². The molecule has 262 valence electrons. The van der Waals surface area contributed by atoms with Gasteiger partial charge in [0.2, 0.25) is 0 Å². The van der Waals surface area contributed by atoms with Crippen molar-refractivity contribution in [1.29, 1.82) is 0 Å². The van der Waals surface area contributed by atoms with Gasteiger partial charge < -0.3 is 62.7 Å². The zero-order valence-corrected chi connectivity index (χ0v) is 26.1. The topological polar surface area (TPSA) is 182 Å². The molecule has 0 radical (unpaired) electrons. The van der Waals surface area contributed by atoms with Gasteiger partial charge in [-0.3, -0.25) is 5.26 Å². The van der Waals surface area contributed by atoms with Crippen LogP contribution in [-0.4, -0.2) is 140 Å². The van der Waals surface area contributed by atoms with Crippen LogP contribution in [0.1, 0.15) is 71.1 Å². The third kappa shape index (κ3) is 11.0. The summed E-state index contributed by atoms with van der Waals surface area (Å²) in [5, 5.41) is 38.6. The lowest BCUT2D eigenvalue weighted by Gasteiger charge is -2.41. The standard InChI is InChI=1S/C30H52O15/c1-2-3-20(16-39-34)43-30-23(33)10-22(15-38-30)42-26-8-6-21(14-36-26)41-29-11-24(44-28-9-5-19(12-31)40-28)25(17-37-29)45-27-7-4-18(32)13-35-27/h18-34H,2-17H2,1H3. The maximum atomic E-state index is 10.6. The first-order valence-electron chi connectivity index (χ1n) is 16.5. The molecule has 5 saturated heterocycles. The molecule has 13 atom stereocenters. The lowest BCUT2D eigenvalue weighted by atomic mass is 10.1. The smallest absolute Gasteiger partial charge is 0.184 e. The van der Waals surface area contributed by atoms with Crippen molar-refractivity contribution in [2.75, 3.05) is 39.6 Å². The number of rotatable bonds is 15. The Morgan fingerprint density at radius 1 is 0.711 bits per heavy atom. The Bertz CT molecular complexity index is 817. The van der Waals surface area contributed by atoms with E-state index in [1.165, 1.54) is 0 Å². The van der Waals surface area contributed by atoms with Crippen LogP contribution in [0.3, 0.4) is 0 Å². The van der Waals surface area contributed by atoms with Crippen LogP contribution in [0.15, 0.2) is 0 Å². The molecule has 5 aliphatic rings. The number of ether oxygens (including phenoxy) is 10. The summed E-state index contributed by atoms with van der Waals surface area (Å²) in [5.74, 6) is 0. The lowest BCUT2D eigenvalue weighted by molar-refractivity contribution is -0.317. The van der Waals surface area contributed by atoms with E-state index in [9.17, 15) is 15.3 Å². The molecule has 0 spiro atoms. The highest BCUT2D eigenvalue weighted by atomic mass is 17.1. The summed E-state index contributed by atoms with van der Waals surface area (Å²) in [5.41, 5.74) is 0. The van der Waals surface area contributed by atoms with Crippen molar-refractivity contribution in [2.45, 2.75) is 151 Å². The second kappa shape index (κ2) is 18.2. The third-order valence-electron chi connectivity index (χ3n) is 8.76. The van der Waals surface area contributed by atoms with E-state index < -0.39 is 49.8 Å². The summed E-state index contributed by atoms with van der Waals surface area (Å²) in [6.07, 6.45) is 0.171. The lowest BCUT2D eigenvalue weighted by Crippen LogP contribution is -2.50. The van der Waals surface area contributed by atoms with Crippen LogP contribution in [0.4, 0.5) is 0 Å². The second-order valence-corrected chi connectivity index (χ2v) is 12.5. The Labute approximate surface area is 264 Å². The molecule has 4 N–H and O–H groups in total. The fraction of sp³-hybridized carbons (Fsp3) is 1.00. The fourth-order valence-corrected chi connectivity index (χ4v) is 6.32. The van der Waals surface area contributed by atoms with Gasteiger partial charge in [-0.15, -0.1) is 0 Å². The van der Waals surface area contributed by atoms with Crippen LogP contribution < -0.4 is 0 Å². The van der Waals surface area contributed by atoms with Crippen LogP contribution in [0, 0.1) is 0 Å². The molecule has 0 aromatic heterocycles. The van der Waals surface area contributed by atoms with Gasteiger partial charge in [0.15, 0.2) is 31.5 Å². The monoisotopic (exact) mass is 652 g/mol. The van der Waals surface area contributed by atoms with Crippen molar-refractivity contribution in [3.63, 3.8) is 0 Å². The summed E-state index contributed by atoms with van der Waals surface area (Å²) >= 11 is 0. The van der Waals surface area contributed by atoms with Gasteiger partial charge in [-0.1, -0.05) is 13.3 Å². The largest absolute Gasteiger partial charge is 0.394 e. The minimum atomic E-state index is -0.881. The average molecular weight is 653 g/mol. The number of hydrogen-bond donors (Lipinski definition) is 4. The first kappa shape index (κ1) is 35.7. The zero-order chi connectivity index (χ0) is 31.6. The number of hydrogen-bond acceptors (Lipinski definition) is 15. The molecular formula is C30H52O15. The van der Waals surface area contributed by atoms with E-state index in [1.807, 2.05) is 6.92 Å². The molecule has 15 heteroatoms. The van der Waals surface area contributed by atoms with Crippen molar-refractivity contribution in [3.8, 4) is 0 Å². The molecule has 0 aliphatic carbocycles. The van der Waals surface area contributed by atoms with Crippen molar-refractivity contribution in [2.24, 2.45) is 0 Å². The predicted octanol–water partition coefficient (Wildman–Crippen LogP) is 1.19. The molecule has 5 fully saturated rings. The molecule has 0 saturated carbocycles. The molecule has 5 aliphatic heterocycles. The average Bonchev–Trinajstić information content (AvgIpc) is 3.49. The SMILES string of the molecule is CCCC(COO)OC1OCC(OC2CCC(OC3CC(OC4CCC(CO)O4)C(OC4CCC(O)CO4)CO3)CO2)CC1O. The van der Waals surface area contributed by atoms with Crippen LogP contribution >= 0.6 is 0 Å². The van der Waals surface area contributed by atoms with Crippen molar-refractivity contribution < 1.29 is 72.8 Å². The zero-order valence-electron chi connectivity index (χ0n) is 26.1. The molecule has 13 unspecified atom stereocenters. The van der Waals surface area contributed by atoms with Gasteiger partial charge in [-0.2, -0.15) is 0 Å². The van der Waals surface area contributed by atoms with Crippen LogP contribution in [0.25, 0.3) is 0 Å². The van der Waals surface area contributed by atoms with Gasteiger partial charge >= 0.3 is 0 Å². The Morgan fingerprint density at radius 3 is 2.11 bits per heavy atom.